The molecule has 1 rings (SSSR count). The second-order valence-electron chi connectivity index (χ2n) is 4.07. The maximum Gasteiger partial charge on any atom is 0.425 e. The van der Waals surface area contributed by atoms with Gasteiger partial charge in [0.15, 0.2) is 5.82 Å². The Bertz CT molecular complexity index is 637. The average Bonchev–Trinajstić information content (AvgIpc) is 2.57. The summed E-state index contributed by atoms with van der Waals surface area (Å²) in [5.74, 6) is -2.61. The van der Waals surface area contributed by atoms with E-state index in [1.54, 1.807) is 0 Å². The van der Waals surface area contributed by atoms with Crippen molar-refractivity contribution in [2.24, 2.45) is 0 Å². The summed E-state index contributed by atoms with van der Waals surface area (Å²) < 4.78 is 27.8. The first-order valence-corrected chi connectivity index (χ1v) is 6.56. The number of hydrogen-bond acceptors (Lipinski definition) is 7. The number of anilines is 1. The predicted molar refractivity (Wildman–Crippen MR) is 81.1 cm³/mol. The first-order chi connectivity index (χ1) is 11.5. The summed E-state index contributed by atoms with van der Waals surface area (Å²) in [5.41, 5.74) is -0.458. The van der Waals surface area contributed by atoms with Crippen LogP contribution in [0.2, 0.25) is 0 Å². The molecule has 9 heteroatoms. The Balaban J connectivity index is 3.18. The van der Waals surface area contributed by atoms with Crippen molar-refractivity contribution >= 4 is 24.0 Å². The van der Waals surface area contributed by atoms with Gasteiger partial charge in [-0.2, -0.15) is 9.29 Å². The first-order valence-electron chi connectivity index (χ1n) is 6.56. The Kier molecular flexibility index (Phi) is 7.08. The molecule has 0 aliphatic rings. The van der Waals surface area contributed by atoms with Crippen LogP contribution >= 0.6 is 0 Å². The molecule has 0 aliphatic carbocycles. The highest BCUT2D eigenvalue weighted by Crippen LogP contribution is 2.17. The summed E-state index contributed by atoms with van der Waals surface area (Å²) in [6.45, 7) is 6.35. The maximum absolute atomic E-state index is 13.9. The smallest absolute Gasteiger partial charge is 0.425 e. The normalized spacial score (nSPS) is 9.58. The van der Waals surface area contributed by atoms with Gasteiger partial charge in [-0.25, -0.2) is 19.4 Å². The lowest BCUT2D eigenvalue weighted by Gasteiger charge is -2.18. The molecule has 1 heterocycles. The highest BCUT2D eigenvalue weighted by atomic mass is 19.1. The van der Waals surface area contributed by atoms with Gasteiger partial charge in [0, 0.05) is 0 Å². The minimum atomic E-state index is -1.22. The number of carbonyl (C=O) groups is 3. The van der Waals surface area contributed by atoms with Gasteiger partial charge in [-0.1, -0.05) is 25.3 Å². The molecule has 0 unspecified atom stereocenters. The number of carbonyl (C=O) groups excluding carboxylic acids is 3. The zero-order valence-electron chi connectivity index (χ0n) is 12.9. The number of nitrogens with zero attached hydrogens (tertiary/aromatic N) is 2. The van der Waals surface area contributed by atoms with Crippen LogP contribution in [0.3, 0.4) is 0 Å². The van der Waals surface area contributed by atoms with E-state index in [1.165, 1.54) is 12.2 Å². The molecule has 1 aromatic rings. The van der Waals surface area contributed by atoms with Crippen LogP contribution in [-0.2, 0) is 14.2 Å². The summed E-state index contributed by atoms with van der Waals surface area (Å²) >= 11 is 0. The number of rotatable bonds is 6. The predicted octanol–water partition coefficient (Wildman–Crippen LogP) is 2.46. The molecule has 0 spiro atoms. The lowest BCUT2D eigenvalue weighted by atomic mass is 10.2. The summed E-state index contributed by atoms with van der Waals surface area (Å²) in [6, 6.07) is 2.08. The van der Waals surface area contributed by atoms with Crippen LogP contribution in [0.4, 0.5) is 19.8 Å². The van der Waals surface area contributed by atoms with Gasteiger partial charge in [0.05, 0.1) is 7.11 Å². The second kappa shape index (κ2) is 9.03. The Morgan fingerprint density at radius 1 is 1.17 bits per heavy atom. The molecule has 0 aliphatic heterocycles. The lowest BCUT2D eigenvalue weighted by Crippen LogP contribution is -2.39. The molecule has 1 aromatic heterocycles. The molecule has 128 valence electrons. The zero-order chi connectivity index (χ0) is 18.1. The molecule has 0 saturated heterocycles. The Morgan fingerprint density at radius 2 is 1.71 bits per heavy atom. The molecule has 8 nitrogen and oxygen atoms in total. The van der Waals surface area contributed by atoms with Crippen molar-refractivity contribution in [1.82, 2.24) is 4.98 Å². The Morgan fingerprint density at radius 3 is 2.12 bits per heavy atom. The monoisotopic (exact) mass is 338 g/mol. The van der Waals surface area contributed by atoms with Gasteiger partial charge in [-0.3, -0.25) is 0 Å². The van der Waals surface area contributed by atoms with E-state index in [2.05, 4.69) is 22.9 Å². The minimum Gasteiger partial charge on any atom is -0.465 e. The van der Waals surface area contributed by atoms with Crippen molar-refractivity contribution in [2.45, 2.75) is 0 Å². The summed E-state index contributed by atoms with van der Waals surface area (Å²) in [4.78, 5) is 39.1. The van der Waals surface area contributed by atoms with Gasteiger partial charge in [-0.15, -0.1) is 0 Å². The molecule has 2 amide bonds. The quantitative estimate of drug-likeness (QED) is 0.340. The fourth-order valence-electron chi connectivity index (χ4n) is 1.46. The molecule has 24 heavy (non-hydrogen) atoms. The van der Waals surface area contributed by atoms with E-state index in [0.717, 1.165) is 19.2 Å². The average molecular weight is 338 g/mol. The van der Waals surface area contributed by atoms with E-state index in [9.17, 15) is 18.8 Å². The number of aromatic nitrogens is 1. The number of imide groups is 1. The van der Waals surface area contributed by atoms with Crippen LogP contribution in [-0.4, -0.2) is 43.5 Å². The van der Waals surface area contributed by atoms with E-state index in [0.29, 0.717) is 4.90 Å². The van der Waals surface area contributed by atoms with Crippen molar-refractivity contribution in [1.29, 1.82) is 0 Å². The number of halogens is 1. The molecule has 0 radical (unpaired) electrons. The third-order valence-corrected chi connectivity index (χ3v) is 2.48. The van der Waals surface area contributed by atoms with Crippen LogP contribution in [0.25, 0.3) is 0 Å². The van der Waals surface area contributed by atoms with Crippen molar-refractivity contribution in [3.63, 3.8) is 0 Å². The number of pyridine rings is 1. The van der Waals surface area contributed by atoms with Gasteiger partial charge in [-0.05, 0) is 12.1 Å². The largest absolute Gasteiger partial charge is 0.465 e. The summed E-state index contributed by atoms with van der Waals surface area (Å²) in [7, 11) is 1.07. The Labute approximate surface area is 137 Å². The van der Waals surface area contributed by atoms with Crippen LogP contribution in [0, 0.1) is 5.95 Å². The number of hydrogen-bond donors (Lipinski definition) is 0. The SMILES string of the molecule is C=CCOC(=O)N(C(=O)OCC=C)c1ccc(C(=O)OC)c(F)n1. The third-order valence-electron chi connectivity index (χ3n) is 2.48. The molecule has 0 saturated carbocycles. The fourth-order valence-corrected chi connectivity index (χ4v) is 1.46. The molecule has 0 N–H and O–H groups in total. The van der Waals surface area contributed by atoms with Crippen LogP contribution in [0.1, 0.15) is 10.4 Å². The number of amides is 2. The molecular formula is C15H15FN2O6. The Hall–Kier alpha value is -3.23. The van der Waals surface area contributed by atoms with E-state index in [-0.39, 0.29) is 13.2 Å². The summed E-state index contributed by atoms with van der Waals surface area (Å²) in [5, 5.41) is 0. The van der Waals surface area contributed by atoms with Crippen LogP contribution < -0.4 is 4.90 Å². The van der Waals surface area contributed by atoms with Gasteiger partial charge in [0.2, 0.25) is 5.95 Å². The van der Waals surface area contributed by atoms with Crippen molar-refractivity contribution in [3.8, 4) is 0 Å². The van der Waals surface area contributed by atoms with Crippen LogP contribution in [0.15, 0.2) is 37.4 Å². The van der Waals surface area contributed by atoms with Crippen molar-refractivity contribution in [3.05, 3.63) is 49.0 Å². The van der Waals surface area contributed by atoms with E-state index >= 15 is 0 Å². The topological polar surface area (TPSA) is 95.0 Å². The third kappa shape index (κ3) is 4.63. The standard InChI is InChI=1S/C15H15FN2O6/c1-4-8-23-14(20)18(15(21)24-9-5-2)11-7-6-10(12(16)17-11)13(19)22-3/h4-7H,1-2,8-9H2,3H3. The van der Waals surface area contributed by atoms with Gasteiger partial charge < -0.3 is 14.2 Å². The van der Waals surface area contributed by atoms with E-state index in [4.69, 9.17) is 9.47 Å². The number of methoxy groups -OCH3 is 1. The maximum atomic E-state index is 13.9. The van der Waals surface area contributed by atoms with Crippen molar-refractivity contribution in [2.75, 3.05) is 25.2 Å². The fraction of sp³-hybridized carbons (Fsp3) is 0.200. The zero-order valence-corrected chi connectivity index (χ0v) is 12.9. The molecular weight excluding hydrogens is 323 g/mol. The lowest BCUT2D eigenvalue weighted by molar-refractivity contribution is 0.0594. The molecule has 0 fully saturated rings. The molecule has 0 atom stereocenters. The molecule has 0 bridgehead atoms. The highest BCUT2D eigenvalue weighted by molar-refractivity contribution is 6.08. The van der Waals surface area contributed by atoms with E-state index in [1.807, 2.05) is 0 Å². The van der Waals surface area contributed by atoms with Gasteiger partial charge in [0.1, 0.15) is 18.8 Å². The van der Waals surface area contributed by atoms with Gasteiger partial charge >= 0.3 is 18.2 Å². The van der Waals surface area contributed by atoms with Gasteiger partial charge in [0.25, 0.3) is 0 Å². The number of esters is 1. The second-order valence-corrected chi connectivity index (χ2v) is 4.07. The highest BCUT2D eigenvalue weighted by Gasteiger charge is 2.29. The number of ether oxygens (including phenoxy) is 3. The first kappa shape index (κ1) is 18.8. The van der Waals surface area contributed by atoms with Crippen LogP contribution in [0.5, 0.6) is 0 Å². The van der Waals surface area contributed by atoms with Crippen molar-refractivity contribution < 1.29 is 33.0 Å². The summed E-state index contributed by atoms with van der Waals surface area (Å²) in [6.07, 6.45) is 0.252. The minimum absolute atomic E-state index is 0.188. The molecule has 0 aromatic carbocycles. The van der Waals surface area contributed by atoms with E-state index < -0.39 is 35.5 Å².